The number of nitrogens with one attached hydrogen (secondary N) is 1. The maximum absolute atomic E-state index is 5.55. The van der Waals surface area contributed by atoms with Crippen molar-refractivity contribution in [3.63, 3.8) is 0 Å². The molecule has 3 N–H and O–H groups in total. The van der Waals surface area contributed by atoms with E-state index in [4.69, 9.17) is 10.6 Å². The zero-order chi connectivity index (χ0) is 12.1. The van der Waals surface area contributed by atoms with E-state index in [1.807, 2.05) is 13.0 Å². The molecule has 0 bridgehead atoms. The SMILES string of the molecule is CCOc1cncc(C(NN)c2cnns2)c1. The Morgan fingerprint density at radius 2 is 2.35 bits per heavy atom. The van der Waals surface area contributed by atoms with Gasteiger partial charge in [0.05, 0.1) is 29.9 Å². The van der Waals surface area contributed by atoms with Crippen molar-refractivity contribution in [2.45, 2.75) is 13.0 Å². The number of ether oxygens (including phenoxy) is 1. The van der Waals surface area contributed by atoms with Crippen LogP contribution in [0.3, 0.4) is 0 Å². The third-order valence-corrected chi connectivity index (χ3v) is 2.94. The molecule has 0 aliphatic heterocycles. The molecule has 2 heterocycles. The van der Waals surface area contributed by atoms with Gasteiger partial charge in [0.15, 0.2) is 0 Å². The minimum atomic E-state index is -0.164. The second-order valence-electron chi connectivity index (χ2n) is 3.31. The molecule has 0 amide bonds. The van der Waals surface area contributed by atoms with Gasteiger partial charge in [0.2, 0.25) is 0 Å². The van der Waals surface area contributed by atoms with Gasteiger partial charge in [-0.3, -0.25) is 10.8 Å². The van der Waals surface area contributed by atoms with E-state index in [-0.39, 0.29) is 6.04 Å². The normalized spacial score (nSPS) is 12.4. The summed E-state index contributed by atoms with van der Waals surface area (Å²) in [6, 6.07) is 1.74. The first-order valence-electron chi connectivity index (χ1n) is 5.16. The summed E-state index contributed by atoms with van der Waals surface area (Å²) in [5.74, 6) is 6.28. The molecule has 0 fully saturated rings. The molecule has 2 aromatic heterocycles. The highest BCUT2D eigenvalue weighted by Crippen LogP contribution is 2.24. The average Bonchev–Trinajstić information content (AvgIpc) is 2.85. The Hall–Kier alpha value is -1.57. The van der Waals surface area contributed by atoms with E-state index in [2.05, 4.69) is 20.0 Å². The predicted molar refractivity (Wildman–Crippen MR) is 64.5 cm³/mol. The van der Waals surface area contributed by atoms with Crippen LogP contribution in [0.2, 0.25) is 0 Å². The summed E-state index contributed by atoms with van der Waals surface area (Å²) in [5, 5.41) is 3.80. The van der Waals surface area contributed by atoms with E-state index in [0.29, 0.717) is 6.61 Å². The van der Waals surface area contributed by atoms with Crippen molar-refractivity contribution in [1.29, 1.82) is 0 Å². The van der Waals surface area contributed by atoms with Crippen LogP contribution in [0.15, 0.2) is 24.7 Å². The van der Waals surface area contributed by atoms with Crippen LogP contribution in [0, 0.1) is 0 Å². The standard InChI is InChI=1S/C10H13N5OS/c1-2-16-8-3-7(4-12-5-8)10(14-11)9-6-13-15-17-9/h3-6,10,14H,2,11H2,1H3. The maximum Gasteiger partial charge on any atom is 0.137 e. The van der Waals surface area contributed by atoms with Gasteiger partial charge in [0, 0.05) is 6.20 Å². The summed E-state index contributed by atoms with van der Waals surface area (Å²) >= 11 is 1.30. The number of pyridine rings is 1. The minimum Gasteiger partial charge on any atom is -0.492 e. The summed E-state index contributed by atoms with van der Waals surface area (Å²) in [5.41, 5.74) is 3.65. The lowest BCUT2D eigenvalue weighted by molar-refractivity contribution is 0.338. The van der Waals surface area contributed by atoms with Crippen LogP contribution < -0.4 is 16.0 Å². The molecule has 1 unspecified atom stereocenters. The van der Waals surface area contributed by atoms with Gasteiger partial charge in [-0.1, -0.05) is 4.49 Å². The summed E-state index contributed by atoms with van der Waals surface area (Å²) in [7, 11) is 0. The van der Waals surface area contributed by atoms with Crippen molar-refractivity contribution < 1.29 is 4.74 Å². The summed E-state index contributed by atoms with van der Waals surface area (Å²) in [4.78, 5) is 5.06. The topological polar surface area (TPSA) is 86.0 Å². The fourth-order valence-electron chi connectivity index (χ4n) is 1.48. The van der Waals surface area contributed by atoms with Gasteiger partial charge in [-0.25, -0.2) is 5.43 Å². The molecule has 0 saturated heterocycles. The molecule has 2 aromatic rings. The third kappa shape index (κ3) is 2.76. The Morgan fingerprint density at radius 1 is 1.47 bits per heavy atom. The lowest BCUT2D eigenvalue weighted by Gasteiger charge is -2.14. The van der Waals surface area contributed by atoms with Crippen LogP contribution in [-0.2, 0) is 0 Å². The van der Waals surface area contributed by atoms with E-state index >= 15 is 0 Å². The molecule has 0 aliphatic carbocycles. The monoisotopic (exact) mass is 251 g/mol. The highest BCUT2D eigenvalue weighted by atomic mass is 32.1. The molecule has 2 rings (SSSR count). The molecule has 0 spiro atoms. The fraction of sp³-hybridized carbons (Fsp3) is 0.300. The van der Waals surface area contributed by atoms with Crippen LogP contribution in [0.25, 0.3) is 0 Å². The van der Waals surface area contributed by atoms with Gasteiger partial charge in [0.1, 0.15) is 5.75 Å². The molecule has 7 heteroatoms. The Morgan fingerprint density at radius 3 is 3.00 bits per heavy atom. The number of hydrogen-bond donors (Lipinski definition) is 2. The predicted octanol–water partition coefficient (Wildman–Crippen LogP) is 0.885. The highest BCUT2D eigenvalue weighted by Gasteiger charge is 2.15. The van der Waals surface area contributed by atoms with Crippen LogP contribution in [-0.4, -0.2) is 21.2 Å². The van der Waals surface area contributed by atoms with Crippen molar-refractivity contribution >= 4 is 11.5 Å². The molecular weight excluding hydrogens is 238 g/mol. The summed E-state index contributed by atoms with van der Waals surface area (Å²) < 4.78 is 9.22. The molecule has 17 heavy (non-hydrogen) atoms. The average molecular weight is 251 g/mol. The van der Waals surface area contributed by atoms with Crippen molar-refractivity contribution in [2.24, 2.45) is 5.84 Å². The van der Waals surface area contributed by atoms with Crippen molar-refractivity contribution in [2.75, 3.05) is 6.61 Å². The molecule has 90 valence electrons. The molecule has 0 saturated carbocycles. The van der Waals surface area contributed by atoms with Crippen LogP contribution >= 0.6 is 11.5 Å². The second kappa shape index (κ2) is 5.67. The highest BCUT2D eigenvalue weighted by molar-refractivity contribution is 7.05. The van der Waals surface area contributed by atoms with Gasteiger partial charge in [-0.15, -0.1) is 5.10 Å². The first-order chi connectivity index (χ1) is 8.35. The van der Waals surface area contributed by atoms with Crippen LogP contribution in [0.1, 0.15) is 23.4 Å². The number of aromatic nitrogens is 3. The van der Waals surface area contributed by atoms with Gasteiger partial charge < -0.3 is 4.74 Å². The van der Waals surface area contributed by atoms with Gasteiger partial charge in [-0.05, 0) is 30.1 Å². The van der Waals surface area contributed by atoms with Gasteiger partial charge in [-0.2, -0.15) is 0 Å². The Bertz CT molecular complexity index is 461. The Balaban J connectivity index is 2.28. The molecule has 6 nitrogen and oxygen atoms in total. The zero-order valence-corrected chi connectivity index (χ0v) is 10.1. The molecule has 0 aliphatic rings. The first kappa shape index (κ1) is 11.9. The van der Waals surface area contributed by atoms with E-state index in [1.54, 1.807) is 18.6 Å². The quantitative estimate of drug-likeness (QED) is 0.606. The van der Waals surface area contributed by atoms with E-state index in [9.17, 15) is 0 Å². The van der Waals surface area contributed by atoms with Gasteiger partial charge >= 0.3 is 0 Å². The number of nitrogens with zero attached hydrogens (tertiary/aromatic N) is 3. The van der Waals surface area contributed by atoms with E-state index < -0.39 is 0 Å². The largest absolute Gasteiger partial charge is 0.492 e. The zero-order valence-electron chi connectivity index (χ0n) is 9.33. The van der Waals surface area contributed by atoms with Crippen LogP contribution in [0.5, 0.6) is 5.75 Å². The van der Waals surface area contributed by atoms with Crippen molar-refractivity contribution in [3.05, 3.63) is 35.1 Å². The Kier molecular flexibility index (Phi) is 3.97. The lowest BCUT2D eigenvalue weighted by atomic mass is 10.1. The lowest BCUT2D eigenvalue weighted by Crippen LogP contribution is -2.28. The molecule has 1 atom stereocenters. The summed E-state index contributed by atoms with van der Waals surface area (Å²) in [6.07, 6.45) is 5.10. The molecular formula is C10H13N5OS. The first-order valence-corrected chi connectivity index (χ1v) is 5.93. The number of hydrazine groups is 1. The van der Waals surface area contributed by atoms with Gasteiger partial charge in [0.25, 0.3) is 0 Å². The second-order valence-corrected chi connectivity index (χ2v) is 4.12. The number of rotatable bonds is 5. The fourth-order valence-corrected chi connectivity index (χ4v) is 2.08. The van der Waals surface area contributed by atoms with E-state index in [1.165, 1.54) is 11.5 Å². The minimum absolute atomic E-state index is 0.164. The van der Waals surface area contributed by atoms with Crippen LogP contribution in [0.4, 0.5) is 0 Å². The molecule has 0 aromatic carbocycles. The van der Waals surface area contributed by atoms with Crippen molar-refractivity contribution in [3.8, 4) is 5.75 Å². The summed E-state index contributed by atoms with van der Waals surface area (Å²) in [6.45, 7) is 2.53. The number of hydrogen-bond acceptors (Lipinski definition) is 7. The third-order valence-electron chi connectivity index (χ3n) is 2.21. The van der Waals surface area contributed by atoms with E-state index in [0.717, 1.165) is 16.2 Å². The smallest absolute Gasteiger partial charge is 0.137 e. The number of nitrogens with two attached hydrogens (primary N) is 1. The van der Waals surface area contributed by atoms with Crippen molar-refractivity contribution in [1.82, 2.24) is 20.0 Å². The maximum atomic E-state index is 5.55. The molecule has 0 radical (unpaired) electrons. The Labute approximate surface area is 103 Å².